The maximum Gasteiger partial charge on any atom is 0.238 e. The van der Waals surface area contributed by atoms with Crippen LogP contribution < -0.4 is 5.32 Å². The number of amides is 1. The molecule has 0 atom stereocenters. The Morgan fingerprint density at radius 2 is 2.06 bits per heavy atom. The molecule has 0 saturated carbocycles. The molecule has 1 amide bonds. The van der Waals surface area contributed by atoms with Crippen LogP contribution in [0.25, 0.3) is 0 Å². The molecule has 0 saturated heterocycles. The normalized spacial score (nSPS) is 9.24. The maximum absolute atomic E-state index is 13.6. The quantitative estimate of drug-likeness (QED) is 0.823. The second kappa shape index (κ2) is 5.76. The fourth-order valence-electron chi connectivity index (χ4n) is 1.08. The zero-order valence-electron chi connectivity index (χ0n) is 8.22. The largest absolute Gasteiger partial charge is 0.323 e. The van der Waals surface area contributed by atoms with Crippen LogP contribution in [0.3, 0.4) is 0 Å². The molecule has 0 unspecified atom stereocenters. The lowest BCUT2D eigenvalue weighted by Gasteiger charge is -2.09. The number of halogens is 3. The number of rotatable bonds is 2. The van der Waals surface area contributed by atoms with Gasteiger partial charge in [-0.15, -0.1) is 0 Å². The average Bonchev–Trinajstić information content (AvgIpc) is 2.27. The molecule has 1 rings (SSSR count). The highest BCUT2D eigenvalue weighted by molar-refractivity contribution is 9.11. The molecule has 86 valence electrons. The summed E-state index contributed by atoms with van der Waals surface area (Å²) < 4.78 is 14.0. The summed E-state index contributed by atoms with van der Waals surface area (Å²) >= 11 is 6.05. The highest BCUT2D eigenvalue weighted by Crippen LogP contribution is 2.33. The van der Waals surface area contributed by atoms with Crippen LogP contribution in [0.15, 0.2) is 15.0 Å². The molecule has 1 aromatic carbocycles. The number of anilines is 1. The van der Waals surface area contributed by atoms with E-state index in [1.807, 2.05) is 0 Å². The van der Waals surface area contributed by atoms with Crippen molar-refractivity contribution in [2.75, 3.05) is 5.32 Å². The molecule has 1 aromatic rings. The van der Waals surface area contributed by atoms with Crippen molar-refractivity contribution in [2.45, 2.75) is 6.42 Å². The van der Waals surface area contributed by atoms with Gasteiger partial charge in [0, 0.05) is 4.47 Å². The first-order valence-electron chi connectivity index (χ1n) is 4.25. The van der Waals surface area contributed by atoms with Crippen LogP contribution in [0, 0.1) is 28.5 Å². The standard InChI is InChI=1S/C10H4Br2FN3O/c11-6-3-7(12)10(5(4-15)9(6)13)16-8(17)1-2-14/h3H,1H2,(H,16,17). The molecule has 0 heterocycles. The van der Waals surface area contributed by atoms with Crippen LogP contribution in [0.1, 0.15) is 12.0 Å². The molecule has 0 aliphatic heterocycles. The molecular formula is C10H4Br2FN3O. The first-order chi connectivity index (χ1) is 8.01. The predicted molar refractivity (Wildman–Crippen MR) is 65.4 cm³/mol. The third-order valence-corrected chi connectivity index (χ3v) is 2.99. The van der Waals surface area contributed by atoms with Gasteiger partial charge in [-0.05, 0) is 37.9 Å². The van der Waals surface area contributed by atoms with Gasteiger partial charge in [0.15, 0.2) is 5.82 Å². The second-order valence-corrected chi connectivity index (χ2v) is 4.61. The Morgan fingerprint density at radius 3 is 2.59 bits per heavy atom. The molecule has 0 spiro atoms. The SMILES string of the molecule is N#CCC(=O)Nc1c(Br)cc(Br)c(F)c1C#N. The summed E-state index contributed by atoms with van der Waals surface area (Å²) in [6.07, 6.45) is -0.366. The van der Waals surface area contributed by atoms with Crippen LogP contribution in [0.2, 0.25) is 0 Å². The number of hydrogen-bond acceptors (Lipinski definition) is 3. The van der Waals surface area contributed by atoms with E-state index >= 15 is 0 Å². The van der Waals surface area contributed by atoms with Crippen LogP contribution >= 0.6 is 31.9 Å². The number of nitrogens with one attached hydrogen (secondary N) is 1. The lowest BCUT2D eigenvalue weighted by atomic mass is 10.2. The summed E-state index contributed by atoms with van der Waals surface area (Å²) in [7, 11) is 0. The molecule has 0 aliphatic rings. The van der Waals surface area contributed by atoms with E-state index in [-0.39, 0.29) is 22.1 Å². The van der Waals surface area contributed by atoms with Gasteiger partial charge in [0.25, 0.3) is 0 Å². The van der Waals surface area contributed by atoms with E-state index in [1.54, 1.807) is 12.1 Å². The molecule has 0 radical (unpaired) electrons. The van der Waals surface area contributed by atoms with Crippen LogP contribution in [0.4, 0.5) is 10.1 Å². The third-order valence-electron chi connectivity index (χ3n) is 1.79. The van der Waals surface area contributed by atoms with Gasteiger partial charge in [0.2, 0.25) is 5.91 Å². The minimum atomic E-state index is -0.761. The second-order valence-electron chi connectivity index (χ2n) is 2.90. The van der Waals surface area contributed by atoms with E-state index in [4.69, 9.17) is 10.5 Å². The number of nitriles is 2. The van der Waals surface area contributed by atoms with Crippen LogP contribution in [-0.4, -0.2) is 5.91 Å². The number of benzene rings is 1. The van der Waals surface area contributed by atoms with E-state index in [0.717, 1.165) is 0 Å². The molecule has 4 nitrogen and oxygen atoms in total. The van der Waals surface area contributed by atoms with Gasteiger partial charge in [-0.2, -0.15) is 10.5 Å². The number of hydrogen-bond donors (Lipinski definition) is 1. The van der Waals surface area contributed by atoms with Crippen molar-refractivity contribution in [3.63, 3.8) is 0 Å². The average molecular weight is 361 g/mol. The van der Waals surface area contributed by atoms with Crippen molar-refractivity contribution >= 4 is 43.5 Å². The first-order valence-corrected chi connectivity index (χ1v) is 5.84. The smallest absolute Gasteiger partial charge is 0.238 e. The fraction of sp³-hybridized carbons (Fsp3) is 0.100. The topological polar surface area (TPSA) is 76.7 Å². The summed E-state index contributed by atoms with van der Waals surface area (Å²) in [6, 6.07) is 4.69. The van der Waals surface area contributed by atoms with Gasteiger partial charge in [-0.1, -0.05) is 0 Å². The van der Waals surface area contributed by atoms with E-state index in [2.05, 4.69) is 37.2 Å². The third kappa shape index (κ3) is 3.02. The molecule has 0 aromatic heterocycles. The van der Waals surface area contributed by atoms with Crippen molar-refractivity contribution in [3.05, 3.63) is 26.4 Å². The molecular weight excluding hydrogens is 357 g/mol. The first kappa shape index (κ1) is 13.6. The lowest BCUT2D eigenvalue weighted by Crippen LogP contribution is -2.12. The lowest BCUT2D eigenvalue weighted by molar-refractivity contribution is -0.115. The van der Waals surface area contributed by atoms with Gasteiger partial charge in [0.1, 0.15) is 18.1 Å². The van der Waals surface area contributed by atoms with Gasteiger partial charge in [-0.3, -0.25) is 4.79 Å². The maximum atomic E-state index is 13.6. The molecule has 0 fully saturated rings. The Kier molecular flexibility index (Phi) is 4.62. The summed E-state index contributed by atoms with van der Waals surface area (Å²) in [5, 5.41) is 19.5. The van der Waals surface area contributed by atoms with E-state index in [1.165, 1.54) is 6.07 Å². The Hall–Kier alpha value is -1.44. The van der Waals surface area contributed by atoms with Gasteiger partial charge in [0.05, 0.1) is 16.2 Å². The summed E-state index contributed by atoms with van der Waals surface area (Å²) in [6.45, 7) is 0. The minimum Gasteiger partial charge on any atom is -0.323 e. The molecule has 7 heteroatoms. The highest BCUT2D eigenvalue weighted by atomic mass is 79.9. The Labute approximate surface area is 113 Å². The summed E-state index contributed by atoms with van der Waals surface area (Å²) in [5.41, 5.74) is -0.272. The molecule has 0 aliphatic carbocycles. The van der Waals surface area contributed by atoms with Crippen molar-refractivity contribution in [2.24, 2.45) is 0 Å². The Balaban J connectivity index is 3.25. The van der Waals surface area contributed by atoms with Gasteiger partial charge >= 0.3 is 0 Å². The molecule has 0 bridgehead atoms. The van der Waals surface area contributed by atoms with Crippen molar-refractivity contribution in [3.8, 4) is 12.1 Å². The van der Waals surface area contributed by atoms with Crippen LogP contribution in [-0.2, 0) is 4.79 Å². The van der Waals surface area contributed by atoms with Crippen molar-refractivity contribution in [1.82, 2.24) is 0 Å². The van der Waals surface area contributed by atoms with Gasteiger partial charge < -0.3 is 5.32 Å². The van der Waals surface area contributed by atoms with Crippen molar-refractivity contribution in [1.29, 1.82) is 10.5 Å². The number of carbonyl (C=O) groups excluding carboxylic acids is 1. The van der Waals surface area contributed by atoms with Crippen molar-refractivity contribution < 1.29 is 9.18 Å². The van der Waals surface area contributed by atoms with E-state index in [0.29, 0.717) is 4.47 Å². The van der Waals surface area contributed by atoms with E-state index < -0.39 is 11.7 Å². The number of carbonyl (C=O) groups is 1. The summed E-state index contributed by atoms with van der Waals surface area (Å²) in [5.74, 6) is -1.37. The summed E-state index contributed by atoms with van der Waals surface area (Å²) in [4.78, 5) is 11.2. The zero-order chi connectivity index (χ0) is 13.0. The minimum absolute atomic E-state index is 0.0217. The predicted octanol–water partition coefficient (Wildman–Crippen LogP) is 3.07. The highest BCUT2D eigenvalue weighted by Gasteiger charge is 2.17. The Morgan fingerprint density at radius 1 is 1.41 bits per heavy atom. The van der Waals surface area contributed by atoms with Crippen LogP contribution in [0.5, 0.6) is 0 Å². The monoisotopic (exact) mass is 359 g/mol. The molecule has 1 N–H and O–H groups in total. The zero-order valence-corrected chi connectivity index (χ0v) is 11.4. The van der Waals surface area contributed by atoms with E-state index in [9.17, 15) is 9.18 Å². The molecule has 17 heavy (non-hydrogen) atoms. The Bertz CT molecular complexity index is 560. The number of nitrogens with zero attached hydrogens (tertiary/aromatic N) is 2. The fourth-order valence-corrected chi connectivity index (χ4v) is 2.34. The van der Waals surface area contributed by atoms with Gasteiger partial charge in [-0.25, -0.2) is 4.39 Å².